The van der Waals surface area contributed by atoms with Gasteiger partial charge in [-0.2, -0.15) is 5.10 Å². The van der Waals surface area contributed by atoms with Crippen molar-refractivity contribution in [2.45, 2.75) is 32.0 Å². The molecule has 7 heteroatoms. The first-order chi connectivity index (χ1) is 10.5. The number of carbonyl (C=O) groups is 1. The van der Waals surface area contributed by atoms with Gasteiger partial charge in [0.05, 0.1) is 24.4 Å². The van der Waals surface area contributed by atoms with Gasteiger partial charge in [0.1, 0.15) is 19.0 Å². The standard InChI is InChI=1S/C15H20N4O3/c1-9(16)6-19-15-10(5-18-19)2-3-13-12(15)4-11(7-22-13)21-8-14(17)20/h2-3,5,9,11H,4,6-8,16H2,1H3,(H2,17,20)/t9-,11+/m0/s1. The largest absolute Gasteiger partial charge is 0.491 e. The average Bonchev–Trinajstić information content (AvgIpc) is 2.87. The number of primary amides is 1. The molecule has 1 aliphatic heterocycles. The number of hydrogen-bond donors (Lipinski definition) is 2. The minimum atomic E-state index is -0.481. The Labute approximate surface area is 128 Å². The van der Waals surface area contributed by atoms with Gasteiger partial charge < -0.3 is 20.9 Å². The number of aromatic nitrogens is 2. The van der Waals surface area contributed by atoms with Crippen LogP contribution in [-0.2, 0) is 22.5 Å². The van der Waals surface area contributed by atoms with E-state index < -0.39 is 5.91 Å². The van der Waals surface area contributed by atoms with Crippen LogP contribution >= 0.6 is 0 Å². The van der Waals surface area contributed by atoms with Crippen LogP contribution in [0.1, 0.15) is 12.5 Å². The van der Waals surface area contributed by atoms with Gasteiger partial charge in [-0.1, -0.05) is 0 Å². The topological polar surface area (TPSA) is 105 Å². The maximum atomic E-state index is 10.9. The minimum absolute atomic E-state index is 0.00498. The number of hydrogen-bond acceptors (Lipinski definition) is 5. The molecule has 118 valence electrons. The molecule has 0 radical (unpaired) electrons. The molecule has 4 N–H and O–H groups in total. The maximum absolute atomic E-state index is 10.9. The van der Waals surface area contributed by atoms with Crippen molar-refractivity contribution in [3.63, 3.8) is 0 Å². The summed E-state index contributed by atoms with van der Waals surface area (Å²) in [5.74, 6) is 0.351. The second kappa shape index (κ2) is 5.94. The molecule has 1 aromatic heterocycles. The number of fused-ring (bicyclic) bond motifs is 3. The normalized spacial score (nSPS) is 18.7. The van der Waals surface area contributed by atoms with Crippen molar-refractivity contribution in [1.29, 1.82) is 0 Å². The van der Waals surface area contributed by atoms with E-state index in [4.69, 9.17) is 20.9 Å². The molecule has 22 heavy (non-hydrogen) atoms. The Balaban J connectivity index is 1.93. The summed E-state index contributed by atoms with van der Waals surface area (Å²) in [5, 5.41) is 5.45. The lowest BCUT2D eigenvalue weighted by Gasteiger charge is -2.26. The van der Waals surface area contributed by atoms with Crippen LogP contribution < -0.4 is 16.2 Å². The summed E-state index contributed by atoms with van der Waals surface area (Å²) in [6, 6.07) is 3.94. The van der Waals surface area contributed by atoms with E-state index in [9.17, 15) is 4.79 Å². The summed E-state index contributed by atoms with van der Waals surface area (Å²) >= 11 is 0. The molecule has 1 aliphatic rings. The third-order valence-corrected chi connectivity index (χ3v) is 3.64. The van der Waals surface area contributed by atoms with Gasteiger partial charge in [-0.05, 0) is 19.1 Å². The molecule has 1 aromatic carbocycles. The van der Waals surface area contributed by atoms with Gasteiger partial charge in [0.2, 0.25) is 5.91 Å². The Kier molecular flexibility index (Phi) is 4.00. The zero-order valence-electron chi connectivity index (χ0n) is 12.5. The molecule has 0 saturated heterocycles. The maximum Gasteiger partial charge on any atom is 0.243 e. The van der Waals surface area contributed by atoms with Gasteiger partial charge in [0.15, 0.2) is 0 Å². The van der Waals surface area contributed by atoms with Crippen molar-refractivity contribution in [2.75, 3.05) is 13.2 Å². The van der Waals surface area contributed by atoms with Crippen molar-refractivity contribution in [1.82, 2.24) is 9.78 Å². The summed E-state index contributed by atoms with van der Waals surface area (Å²) in [6.07, 6.45) is 2.29. The van der Waals surface area contributed by atoms with Crippen LogP contribution in [0.4, 0.5) is 0 Å². The highest BCUT2D eigenvalue weighted by molar-refractivity contribution is 5.84. The van der Waals surface area contributed by atoms with Crippen molar-refractivity contribution in [3.8, 4) is 5.75 Å². The second-order valence-corrected chi connectivity index (χ2v) is 5.70. The fourth-order valence-electron chi connectivity index (χ4n) is 2.75. The van der Waals surface area contributed by atoms with Gasteiger partial charge in [-0.3, -0.25) is 9.48 Å². The number of rotatable bonds is 5. The quantitative estimate of drug-likeness (QED) is 0.820. The first-order valence-electron chi connectivity index (χ1n) is 7.30. The van der Waals surface area contributed by atoms with Crippen LogP contribution in [0.5, 0.6) is 5.75 Å². The van der Waals surface area contributed by atoms with Gasteiger partial charge >= 0.3 is 0 Å². The summed E-state index contributed by atoms with van der Waals surface area (Å²) in [6.45, 7) is 2.89. The molecule has 0 fully saturated rings. The average molecular weight is 304 g/mol. The Bertz CT molecular complexity index is 695. The lowest BCUT2D eigenvalue weighted by Crippen LogP contribution is -2.32. The van der Waals surface area contributed by atoms with Crippen molar-refractivity contribution < 1.29 is 14.3 Å². The summed E-state index contributed by atoms with van der Waals surface area (Å²) in [4.78, 5) is 10.9. The SMILES string of the molecule is C[C@H](N)Cn1ncc2ccc3c(c21)C[C@@H](OCC(N)=O)CO3. The number of nitrogens with two attached hydrogens (primary N) is 2. The third-order valence-electron chi connectivity index (χ3n) is 3.64. The molecule has 0 bridgehead atoms. The lowest BCUT2D eigenvalue weighted by atomic mass is 10.0. The molecule has 0 unspecified atom stereocenters. The fourth-order valence-corrected chi connectivity index (χ4v) is 2.75. The van der Waals surface area contributed by atoms with Crippen molar-refractivity contribution >= 4 is 16.8 Å². The van der Waals surface area contributed by atoms with Gasteiger partial charge in [0, 0.05) is 23.4 Å². The molecular formula is C15H20N4O3. The third kappa shape index (κ3) is 2.90. The summed E-state index contributed by atoms with van der Waals surface area (Å²) in [5.41, 5.74) is 13.1. The highest BCUT2D eigenvalue weighted by atomic mass is 16.5. The van der Waals surface area contributed by atoms with E-state index in [0.29, 0.717) is 19.6 Å². The number of amides is 1. The fraction of sp³-hybridized carbons (Fsp3) is 0.467. The van der Waals surface area contributed by atoms with Crippen LogP contribution in [0.25, 0.3) is 10.9 Å². The van der Waals surface area contributed by atoms with E-state index in [1.54, 1.807) is 0 Å². The monoisotopic (exact) mass is 304 g/mol. The van der Waals surface area contributed by atoms with E-state index in [0.717, 1.165) is 22.2 Å². The zero-order chi connectivity index (χ0) is 15.7. The first-order valence-corrected chi connectivity index (χ1v) is 7.30. The molecule has 1 amide bonds. The van der Waals surface area contributed by atoms with Crippen LogP contribution in [0, 0.1) is 0 Å². The second-order valence-electron chi connectivity index (χ2n) is 5.70. The van der Waals surface area contributed by atoms with E-state index in [-0.39, 0.29) is 18.8 Å². The smallest absolute Gasteiger partial charge is 0.243 e. The summed E-state index contributed by atoms with van der Waals surface area (Å²) < 4.78 is 13.2. The predicted molar refractivity (Wildman–Crippen MR) is 81.5 cm³/mol. The molecule has 2 aromatic rings. The Morgan fingerprint density at radius 3 is 3.14 bits per heavy atom. The number of nitrogens with zero attached hydrogens (tertiary/aromatic N) is 2. The van der Waals surface area contributed by atoms with Gasteiger partial charge in [0.25, 0.3) is 0 Å². The summed E-state index contributed by atoms with van der Waals surface area (Å²) in [7, 11) is 0. The van der Waals surface area contributed by atoms with E-state index in [1.165, 1.54) is 0 Å². The van der Waals surface area contributed by atoms with Crippen LogP contribution in [-0.4, -0.2) is 41.0 Å². The van der Waals surface area contributed by atoms with Crippen molar-refractivity contribution in [2.24, 2.45) is 11.5 Å². The number of carbonyl (C=O) groups excluding carboxylic acids is 1. The minimum Gasteiger partial charge on any atom is -0.491 e. The number of benzene rings is 1. The molecule has 0 aliphatic carbocycles. The van der Waals surface area contributed by atoms with Gasteiger partial charge in [-0.15, -0.1) is 0 Å². The molecule has 7 nitrogen and oxygen atoms in total. The molecular weight excluding hydrogens is 284 g/mol. The Hall–Kier alpha value is -2.12. The molecule has 0 spiro atoms. The molecule has 2 atom stereocenters. The molecule has 2 heterocycles. The zero-order valence-corrected chi connectivity index (χ0v) is 12.5. The first kappa shape index (κ1) is 14.8. The van der Waals surface area contributed by atoms with Crippen LogP contribution in [0.2, 0.25) is 0 Å². The lowest BCUT2D eigenvalue weighted by molar-refractivity contribution is -0.125. The Morgan fingerprint density at radius 2 is 2.41 bits per heavy atom. The number of ether oxygens (including phenoxy) is 2. The highest BCUT2D eigenvalue weighted by Gasteiger charge is 2.24. The predicted octanol–water partition coefficient (Wildman–Crippen LogP) is 0.189. The molecule has 3 rings (SSSR count). The van der Waals surface area contributed by atoms with Crippen molar-refractivity contribution in [3.05, 3.63) is 23.9 Å². The van der Waals surface area contributed by atoms with Crippen LogP contribution in [0.3, 0.4) is 0 Å². The Morgan fingerprint density at radius 1 is 1.59 bits per heavy atom. The van der Waals surface area contributed by atoms with Gasteiger partial charge in [-0.25, -0.2) is 0 Å². The highest BCUT2D eigenvalue weighted by Crippen LogP contribution is 2.32. The molecule has 0 saturated carbocycles. The van der Waals surface area contributed by atoms with E-state index in [2.05, 4.69) is 5.10 Å². The van der Waals surface area contributed by atoms with E-state index >= 15 is 0 Å². The van der Waals surface area contributed by atoms with E-state index in [1.807, 2.05) is 29.9 Å². The van der Waals surface area contributed by atoms with Crippen LogP contribution in [0.15, 0.2) is 18.3 Å².